The molecule has 0 saturated carbocycles. The highest BCUT2D eigenvalue weighted by atomic mass is 16.3. The van der Waals surface area contributed by atoms with E-state index < -0.39 is 0 Å². The fraction of sp³-hybridized carbons (Fsp3) is 0.250. The third-order valence-corrected chi connectivity index (χ3v) is 3.16. The molecule has 90 valence electrons. The highest BCUT2D eigenvalue weighted by molar-refractivity contribution is 5.70. The van der Waals surface area contributed by atoms with Gasteiger partial charge in [-0.3, -0.25) is 4.99 Å². The molecule has 0 bridgehead atoms. The molecular weight excluding hydrogens is 230 g/mol. The van der Waals surface area contributed by atoms with Crippen molar-refractivity contribution >= 4 is 11.2 Å². The summed E-state index contributed by atoms with van der Waals surface area (Å²) in [6.07, 6.45) is 5.33. The summed E-state index contributed by atoms with van der Waals surface area (Å²) >= 11 is 0. The second kappa shape index (κ2) is 3.56. The van der Waals surface area contributed by atoms with Crippen LogP contribution >= 0.6 is 0 Å². The van der Waals surface area contributed by atoms with Gasteiger partial charge in [-0.15, -0.1) is 0 Å². The molecular formula is C12H11N5O. The Morgan fingerprint density at radius 1 is 1.22 bits per heavy atom. The van der Waals surface area contributed by atoms with Crippen molar-refractivity contribution in [3.05, 3.63) is 42.3 Å². The Morgan fingerprint density at radius 3 is 2.83 bits per heavy atom. The monoisotopic (exact) mass is 241 g/mol. The average molecular weight is 241 g/mol. The van der Waals surface area contributed by atoms with E-state index in [-0.39, 0.29) is 0 Å². The smallest absolute Gasteiger partial charge is 0.179 e. The number of aromatic nitrogens is 4. The molecule has 6 nitrogen and oxygen atoms in total. The maximum Gasteiger partial charge on any atom is 0.179 e. The normalized spacial score (nSPS) is 14.8. The topological polar surface area (TPSA) is 61.1 Å². The summed E-state index contributed by atoms with van der Waals surface area (Å²) in [5.41, 5.74) is 2.64. The molecule has 0 radical (unpaired) electrons. The number of aryl methyl sites for hydroxylation is 2. The summed E-state index contributed by atoms with van der Waals surface area (Å²) in [4.78, 5) is 13.2. The minimum Gasteiger partial charge on any atom is -0.467 e. The van der Waals surface area contributed by atoms with Crippen LogP contribution in [0, 0.1) is 0 Å². The van der Waals surface area contributed by atoms with Crippen LogP contribution in [0.25, 0.3) is 11.2 Å². The van der Waals surface area contributed by atoms with Crippen molar-refractivity contribution in [2.75, 3.05) is 0 Å². The van der Waals surface area contributed by atoms with Gasteiger partial charge >= 0.3 is 0 Å². The fourth-order valence-electron chi connectivity index (χ4n) is 2.29. The van der Waals surface area contributed by atoms with Crippen LogP contribution in [0.5, 0.6) is 0 Å². The van der Waals surface area contributed by atoms with E-state index in [4.69, 9.17) is 4.42 Å². The van der Waals surface area contributed by atoms with Gasteiger partial charge in [0.2, 0.25) is 0 Å². The Kier molecular flexibility index (Phi) is 1.91. The summed E-state index contributed by atoms with van der Waals surface area (Å²) in [6.45, 7) is 2.41. The molecule has 0 amide bonds. The lowest BCUT2D eigenvalue weighted by Gasteiger charge is -1.98. The Labute approximate surface area is 102 Å². The average Bonchev–Trinajstić information content (AvgIpc) is 3.10. The summed E-state index contributed by atoms with van der Waals surface area (Å²) in [5, 5.41) is 0. The zero-order valence-corrected chi connectivity index (χ0v) is 9.65. The molecule has 6 heteroatoms. The summed E-state index contributed by atoms with van der Waals surface area (Å²) in [7, 11) is 0. The minimum atomic E-state index is 0.492. The number of nitrogens with zero attached hydrogens (tertiary/aromatic N) is 5. The Hall–Kier alpha value is -2.37. The molecule has 0 aliphatic carbocycles. The third kappa shape index (κ3) is 1.32. The zero-order valence-electron chi connectivity index (χ0n) is 9.65. The van der Waals surface area contributed by atoms with Gasteiger partial charge in [0.15, 0.2) is 11.0 Å². The zero-order chi connectivity index (χ0) is 11.9. The largest absolute Gasteiger partial charge is 0.467 e. The molecule has 0 atom stereocenters. The lowest BCUT2D eigenvalue weighted by Crippen LogP contribution is -2.13. The molecule has 1 aliphatic heterocycles. The van der Waals surface area contributed by atoms with E-state index in [1.54, 1.807) is 6.26 Å². The molecule has 3 aromatic heterocycles. The quantitative estimate of drug-likeness (QED) is 0.670. The number of furan rings is 1. The van der Waals surface area contributed by atoms with E-state index in [9.17, 15) is 0 Å². The Balaban J connectivity index is 1.86. The minimum absolute atomic E-state index is 0.492. The molecule has 0 unspecified atom stereocenters. The fourth-order valence-corrected chi connectivity index (χ4v) is 2.29. The van der Waals surface area contributed by atoms with Crippen LogP contribution in [-0.2, 0) is 19.6 Å². The molecule has 0 aromatic carbocycles. The summed E-state index contributed by atoms with van der Waals surface area (Å²) in [6, 6.07) is 3.76. The molecule has 0 saturated heterocycles. The van der Waals surface area contributed by atoms with Crippen LogP contribution < -0.4 is 5.49 Å². The van der Waals surface area contributed by atoms with Gasteiger partial charge in [0.25, 0.3) is 0 Å². The van der Waals surface area contributed by atoms with Crippen LogP contribution in [0.1, 0.15) is 5.76 Å². The molecule has 0 N–H and O–H groups in total. The van der Waals surface area contributed by atoms with Crippen molar-refractivity contribution in [3.8, 4) is 0 Å². The number of hydrogen-bond donors (Lipinski definition) is 0. The van der Waals surface area contributed by atoms with Crippen molar-refractivity contribution in [2.45, 2.75) is 19.6 Å². The van der Waals surface area contributed by atoms with E-state index >= 15 is 0 Å². The first-order chi connectivity index (χ1) is 8.92. The van der Waals surface area contributed by atoms with Crippen molar-refractivity contribution in [3.63, 3.8) is 0 Å². The molecule has 3 aromatic rings. The second-order valence-electron chi connectivity index (χ2n) is 4.27. The van der Waals surface area contributed by atoms with Crippen molar-refractivity contribution < 1.29 is 4.42 Å². The van der Waals surface area contributed by atoms with Crippen molar-refractivity contribution in [2.24, 2.45) is 4.99 Å². The summed E-state index contributed by atoms with van der Waals surface area (Å²) in [5.74, 6) is 0.830. The Bertz CT molecular complexity index is 765. The van der Waals surface area contributed by atoms with Crippen LogP contribution in [0.2, 0.25) is 0 Å². The van der Waals surface area contributed by atoms with Crippen LogP contribution in [0.4, 0.5) is 0 Å². The highest BCUT2D eigenvalue weighted by Gasteiger charge is 2.14. The number of rotatable bonds is 2. The third-order valence-electron chi connectivity index (χ3n) is 3.16. The van der Waals surface area contributed by atoms with Gasteiger partial charge < -0.3 is 13.6 Å². The lowest BCUT2D eigenvalue weighted by atomic mass is 10.4. The SMILES string of the molecule is c1coc(CN=c2ncn3c4c2ncn4CC3)c1. The van der Waals surface area contributed by atoms with Gasteiger partial charge in [0.05, 0.1) is 25.5 Å². The predicted molar refractivity (Wildman–Crippen MR) is 63.5 cm³/mol. The molecule has 0 spiro atoms. The van der Waals surface area contributed by atoms with Crippen LogP contribution in [0.15, 0.2) is 40.5 Å². The molecule has 4 heterocycles. The highest BCUT2D eigenvalue weighted by Crippen LogP contribution is 2.14. The first-order valence-electron chi connectivity index (χ1n) is 5.85. The van der Waals surface area contributed by atoms with Gasteiger partial charge in [0, 0.05) is 13.1 Å². The van der Waals surface area contributed by atoms with Crippen LogP contribution in [0.3, 0.4) is 0 Å². The second-order valence-corrected chi connectivity index (χ2v) is 4.27. The molecule has 4 rings (SSSR count). The lowest BCUT2D eigenvalue weighted by molar-refractivity contribution is 0.510. The standard InChI is InChI=1S/C12H11N5O/c1-2-9(18-5-1)6-13-11-10-12-16(7-14-10)3-4-17(12)8-15-11/h1-2,5,7-8H,3-4,6H2. The van der Waals surface area contributed by atoms with Gasteiger partial charge in [-0.25, -0.2) is 9.97 Å². The van der Waals surface area contributed by atoms with Gasteiger partial charge in [-0.2, -0.15) is 0 Å². The van der Waals surface area contributed by atoms with Crippen molar-refractivity contribution in [1.29, 1.82) is 0 Å². The number of imidazole rings is 1. The van der Waals surface area contributed by atoms with Gasteiger partial charge in [-0.1, -0.05) is 0 Å². The molecule has 18 heavy (non-hydrogen) atoms. The van der Waals surface area contributed by atoms with Crippen LogP contribution in [-0.4, -0.2) is 19.1 Å². The molecule has 0 fully saturated rings. The van der Waals surface area contributed by atoms with E-state index in [1.807, 2.05) is 24.8 Å². The van der Waals surface area contributed by atoms with Gasteiger partial charge in [0.1, 0.15) is 11.4 Å². The van der Waals surface area contributed by atoms with Crippen molar-refractivity contribution in [1.82, 2.24) is 19.1 Å². The number of hydrogen-bond acceptors (Lipinski definition) is 4. The van der Waals surface area contributed by atoms with E-state index in [2.05, 4.69) is 24.1 Å². The first-order valence-corrected chi connectivity index (χ1v) is 5.85. The maximum atomic E-state index is 5.26. The maximum absolute atomic E-state index is 5.26. The summed E-state index contributed by atoms with van der Waals surface area (Å²) < 4.78 is 9.49. The van der Waals surface area contributed by atoms with E-state index in [1.165, 1.54) is 0 Å². The van der Waals surface area contributed by atoms with E-state index in [0.717, 1.165) is 30.0 Å². The molecule has 1 aliphatic rings. The van der Waals surface area contributed by atoms with Gasteiger partial charge in [-0.05, 0) is 12.1 Å². The predicted octanol–water partition coefficient (Wildman–Crippen LogP) is 0.940. The Morgan fingerprint density at radius 2 is 2.06 bits per heavy atom. The van der Waals surface area contributed by atoms with E-state index in [0.29, 0.717) is 12.0 Å². The first kappa shape index (κ1) is 9.64.